The second-order valence-electron chi connectivity index (χ2n) is 3.89. The number of benzene rings is 1. The lowest BCUT2D eigenvalue weighted by Gasteiger charge is -1.96. The van der Waals surface area contributed by atoms with Gasteiger partial charge in [0, 0.05) is 29.7 Å². The Kier molecular flexibility index (Phi) is 15.9. The van der Waals surface area contributed by atoms with E-state index in [-0.39, 0.29) is 0 Å². The number of aromatic nitrogens is 3. The van der Waals surface area contributed by atoms with Crippen LogP contribution >= 0.6 is 11.3 Å². The molecule has 2 aromatic heterocycles. The predicted octanol–water partition coefficient (Wildman–Crippen LogP) is 7.14. The summed E-state index contributed by atoms with van der Waals surface area (Å²) in [4.78, 5) is 3.24. The molecule has 2 N–H and O–H groups in total. The van der Waals surface area contributed by atoms with Crippen molar-refractivity contribution < 1.29 is 0 Å². The van der Waals surface area contributed by atoms with E-state index in [1.165, 1.54) is 10.9 Å². The largest absolute Gasteiger partial charge is 0.363 e. The zero-order chi connectivity index (χ0) is 19.8. The number of H-pyrrole nitrogens is 1. The molecule has 0 atom stereocenters. The Bertz CT molecular complexity index is 671. The minimum Gasteiger partial charge on any atom is -0.363 e. The van der Waals surface area contributed by atoms with Crippen molar-refractivity contribution in [1.82, 2.24) is 15.2 Å². The third-order valence-electron chi connectivity index (χ3n) is 2.77. The van der Waals surface area contributed by atoms with E-state index in [1.54, 1.807) is 11.3 Å². The topological polar surface area (TPSA) is 53.6 Å². The molecule has 0 aliphatic heterocycles. The van der Waals surface area contributed by atoms with Crippen molar-refractivity contribution in [3.8, 4) is 10.6 Å². The molecule has 0 saturated heterocycles. The first-order valence-electron chi connectivity index (χ1n) is 9.37. The van der Waals surface area contributed by atoms with Gasteiger partial charge in [0.05, 0.1) is 0 Å². The van der Waals surface area contributed by atoms with Gasteiger partial charge in [-0.25, -0.2) is 0 Å². The lowest BCUT2D eigenvalue weighted by Crippen LogP contribution is -1.84. The SMILES string of the molecule is CC.CC.CC.CC.CNc1nnc(-c2ccc3[nH]cc(C)c3c2)s1. The first-order chi connectivity index (χ1) is 12.3. The molecule has 2 heterocycles. The van der Waals surface area contributed by atoms with Crippen molar-refractivity contribution in [3.05, 3.63) is 30.0 Å². The van der Waals surface area contributed by atoms with Crippen molar-refractivity contribution >= 4 is 27.4 Å². The highest BCUT2D eigenvalue weighted by Gasteiger charge is 2.07. The lowest BCUT2D eigenvalue weighted by molar-refractivity contribution is 1.09. The van der Waals surface area contributed by atoms with Crippen LogP contribution in [0.3, 0.4) is 0 Å². The van der Waals surface area contributed by atoms with E-state index in [9.17, 15) is 0 Å². The van der Waals surface area contributed by atoms with Gasteiger partial charge < -0.3 is 10.3 Å². The maximum atomic E-state index is 4.17. The third kappa shape index (κ3) is 7.26. The van der Waals surface area contributed by atoms with Crippen LogP contribution in [0.1, 0.15) is 61.0 Å². The molecule has 4 nitrogen and oxygen atoms in total. The predicted molar refractivity (Wildman–Crippen MR) is 117 cm³/mol. The molecule has 25 heavy (non-hydrogen) atoms. The fourth-order valence-electron chi connectivity index (χ4n) is 1.83. The summed E-state index contributed by atoms with van der Waals surface area (Å²) in [5.74, 6) is 0. The van der Waals surface area contributed by atoms with E-state index < -0.39 is 0 Å². The van der Waals surface area contributed by atoms with E-state index in [4.69, 9.17) is 0 Å². The molecule has 0 fully saturated rings. The number of hydrogen-bond donors (Lipinski definition) is 2. The van der Waals surface area contributed by atoms with E-state index in [0.29, 0.717) is 0 Å². The van der Waals surface area contributed by atoms with Crippen LogP contribution in [0, 0.1) is 6.92 Å². The molecule has 3 aromatic rings. The highest BCUT2D eigenvalue weighted by atomic mass is 32.1. The molecular formula is C20H36N4S. The van der Waals surface area contributed by atoms with Crippen molar-refractivity contribution in [3.63, 3.8) is 0 Å². The summed E-state index contributed by atoms with van der Waals surface area (Å²) in [5, 5.41) is 14.2. The van der Waals surface area contributed by atoms with Crippen LogP contribution in [0.25, 0.3) is 21.5 Å². The highest BCUT2D eigenvalue weighted by molar-refractivity contribution is 7.18. The van der Waals surface area contributed by atoms with Gasteiger partial charge >= 0.3 is 0 Å². The van der Waals surface area contributed by atoms with Crippen LogP contribution in [0.15, 0.2) is 24.4 Å². The minimum absolute atomic E-state index is 0.839. The van der Waals surface area contributed by atoms with Gasteiger partial charge in [-0.3, -0.25) is 0 Å². The molecule has 0 bridgehead atoms. The van der Waals surface area contributed by atoms with Gasteiger partial charge in [0.15, 0.2) is 0 Å². The van der Waals surface area contributed by atoms with Gasteiger partial charge in [-0.05, 0) is 30.7 Å². The Morgan fingerprint density at radius 1 is 0.920 bits per heavy atom. The minimum atomic E-state index is 0.839. The van der Waals surface area contributed by atoms with E-state index in [0.717, 1.165) is 21.2 Å². The molecule has 3 rings (SSSR count). The molecule has 0 amide bonds. The van der Waals surface area contributed by atoms with Gasteiger partial charge in [0.1, 0.15) is 5.01 Å². The van der Waals surface area contributed by atoms with Crippen LogP contribution in [-0.4, -0.2) is 22.2 Å². The molecule has 0 saturated carbocycles. The molecular weight excluding hydrogens is 328 g/mol. The standard InChI is InChI=1S/C12H12N4S.4C2H6/c1-7-6-14-10-4-3-8(5-9(7)10)11-15-16-12(13-2)17-11;4*1-2/h3-6,14H,1-2H3,(H,13,16);4*1-2H3. The summed E-state index contributed by atoms with van der Waals surface area (Å²) in [6.45, 7) is 18.1. The summed E-state index contributed by atoms with van der Waals surface area (Å²) in [6, 6.07) is 6.30. The van der Waals surface area contributed by atoms with Gasteiger partial charge in [-0.15, -0.1) is 10.2 Å². The molecule has 0 aliphatic carbocycles. The number of fused-ring (bicyclic) bond motifs is 1. The van der Waals surface area contributed by atoms with Crippen LogP contribution in [0.2, 0.25) is 0 Å². The number of rotatable bonds is 2. The monoisotopic (exact) mass is 364 g/mol. The fraction of sp³-hybridized carbons (Fsp3) is 0.500. The Morgan fingerprint density at radius 2 is 1.52 bits per heavy atom. The summed E-state index contributed by atoms with van der Waals surface area (Å²) >= 11 is 1.56. The number of nitrogens with zero attached hydrogens (tertiary/aromatic N) is 2. The van der Waals surface area contributed by atoms with Crippen molar-refractivity contribution in [2.75, 3.05) is 12.4 Å². The van der Waals surface area contributed by atoms with Crippen molar-refractivity contribution in [2.24, 2.45) is 0 Å². The van der Waals surface area contributed by atoms with E-state index >= 15 is 0 Å². The van der Waals surface area contributed by atoms with Crippen molar-refractivity contribution in [2.45, 2.75) is 62.3 Å². The van der Waals surface area contributed by atoms with Crippen LogP contribution < -0.4 is 5.32 Å². The number of hydrogen-bond acceptors (Lipinski definition) is 4. The van der Waals surface area contributed by atoms with E-state index in [1.807, 2.05) is 68.6 Å². The number of nitrogens with one attached hydrogen (secondary N) is 2. The third-order valence-corrected chi connectivity index (χ3v) is 3.76. The zero-order valence-electron chi connectivity index (χ0n) is 17.6. The second kappa shape index (κ2) is 15.6. The smallest absolute Gasteiger partial charge is 0.205 e. The second-order valence-corrected chi connectivity index (χ2v) is 4.87. The van der Waals surface area contributed by atoms with E-state index in [2.05, 4.69) is 45.6 Å². The molecule has 5 heteroatoms. The summed E-state index contributed by atoms with van der Waals surface area (Å²) in [6.07, 6.45) is 2.02. The molecule has 0 spiro atoms. The van der Waals surface area contributed by atoms with Gasteiger partial charge in [0.25, 0.3) is 0 Å². The highest BCUT2D eigenvalue weighted by Crippen LogP contribution is 2.29. The van der Waals surface area contributed by atoms with Crippen LogP contribution in [-0.2, 0) is 0 Å². The summed E-state index contributed by atoms with van der Waals surface area (Å²) in [5.41, 5.74) is 3.52. The molecule has 0 radical (unpaired) electrons. The van der Waals surface area contributed by atoms with Gasteiger partial charge in [0.2, 0.25) is 5.13 Å². The Hall–Kier alpha value is -1.88. The van der Waals surface area contributed by atoms with Crippen LogP contribution in [0.5, 0.6) is 0 Å². The normalized spacial score (nSPS) is 8.40. The molecule has 1 aromatic carbocycles. The first kappa shape index (κ1) is 25.4. The summed E-state index contributed by atoms with van der Waals surface area (Å²) < 4.78 is 0. The quantitative estimate of drug-likeness (QED) is 0.508. The summed E-state index contributed by atoms with van der Waals surface area (Å²) in [7, 11) is 1.85. The maximum Gasteiger partial charge on any atom is 0.205 e. The van der Waals surface area contributed by atoms with Crippen molar-refractivity contribution in [1.29, 1.82) is 0 Å². The zero-order valence-corrected chi connectivity index (χ0v) is 18.4. The molecule has 0 unspecified atom stereocenters. The van der Waals surface area contributed by atoms with Crippen LogP contribution in [0.4, 0.5) is 5.13 Å². The lowest BCUT2D eigenvalue weighted by atomic mass is 10.1. The average molecular weight is 365 g/mol. The fourth-order valence-corrected chi connectivity index (χ4v) is 2.53. The maximum absolute atomic E-state index is 4.17. The number of aryl methyl sites for hydroxylation is 1. The Labute approximate surface area is 158 Å². The Morgan fingerprint density at radius 3 is 2.04 bits per heavy atom. The Balaban J connectivity index is 0. The van der Waals surface area contributed by atoms with Gasteiger partial charge in [-0.2, -0.15) is 0 Å². The number of anilines is 1. The number of aromatic amines is 1. The molecule has 0 aliphatic rings. The molecule has 142 valence electrons. The van der Waals surface area contributed by atoms with Gasteiger partial charge in [-0.1, -0.05) is 66.7 Å². The first-order valence-corrected chi connectivity index (χ1v) is 10.2. The average Bonchev–Trinajstić information content (AvgIpc) is 3.35.